The lowest BCUT2D eigenvalue weighted by atomic mass is 10.2. The highest BCUT2D eigenvalue weighted by atomic mass is 32.2. The molecule has 0 fully saturated rings. The molecule has 0 saturated heterocycles. The zero-order chi connectivity index (χ0) is 15.2. The summed E-state index contributed by atoms with van der Waals surface area (Å²) >= 11 is 0. The number of hydrogen-bond acceptors (Lipinski definition) is 4. The van der Waals surface area contributed by atoms with Gasteiger partial charge in [-0.15, -0.1) is 0 Å². The second-order valence-corrected chi connectivity index (χ2v) is 8.52. The molecule has 0 spiro atoms. The molecule has 0 amide bonds. The fraction of sp³-hybridized carbons (Fsp3) is 0.571. The van der Waals surface area contributed by atoms with Gasteiger partial charge in [-0.25, -0.2) is 8.42 Å². The van der Waals surface area contributed by atoms with Crippen LogP contribution in [0.4, 0.5) is 0 Å². The van der Waals surface area contributed by atoms with Gasteiger partial charge in [-0.05, 0) is 50.6 Å². The standard InChI is InChI=1S/C14H23NO3S2/c1-4-10-15-12(2)9-11-19(16)13-5-7-14(8-6-13)20(3,17)18/h5-8,12,15H,4,9-11H2,1-3H3. The van der Waals surface area contributed by atoms with E-state index in [4.69, 9.17) is 0 Å². The highest BCUT2D eigenvalue weighted by Crippen LogP contribution is 2.14. The lowest BCUT2D eigenvalue weighted by Gasteiger charge is -2.12. The molecule has 6 heteroatoms. The minimum Gasteiger partial charge on any atom is -0.314 e. The summed E-state index contributed by atoms with van der Waals surface area (Å²) in [5.41, 5.74) is 0. The van der Waals surface area contributed by atoms with Crippen LogP contribution >= 0.6 is 0 Å². The molecule has 4 nitrogen and oxygen atoms in total. The quantitative estimate of drug-likeness (QED) is 0.796. The number of sulfone groups is 1. The molecular formula is C14H23NO3S2. The van der Waals surface area contributed by atoms with Crippen molar-refractivity contribution in [3.63, 3.8) is 0 Å². The van der Waals surface area contributed by atoms with Gasteiger partial charge < -0.3 is 5.32 Å². The van der Waals surface area contributed by atoms with E-state index in [0.29, 0.717) is 16.7 Å². The second-order valence-electron chi connectivity index (χ2n) is 4.94. The highest BCUT2D eigenvalue weighted by molar-refractivity contribution is 7.90. The van der Waals surface area contributed by atoms with E-state index in [2.05, 4.69) is 19.2 Å². The molecule has 0 aromatic heterocycles. The van der Waals surface area contributed by atoms with Gasteiger partial charge in [-0.2, -0.15) is 0 Å². The second kappa shape index (κ2) is 7.90. The molecule has 0 saturated carbocycles. The molecule has 1 aromatic carbocycles. The summed E-state index contributed by atoms with van der Waals surface area (Å²) in [7, 11) is -4.27. The van der Waals surface area contributed by atoms with Crippen LogP contribution in [-0.2, 0) is 20.6 Å². The monoisotopic (exact) mass is 317 g/mol. The zero-order valence-corrected chi connectivity index (χ0v) is 13.9. The van der Waals surface area contributed by atoms with Crippen molar-refractivity contribution in [2.24, 2.45) is 0 Å². The van der Waals surface area contributed by atoms with Crippen LogP contribution in [-0.4, -0.2) is 37.2 Å². The summed E-state index contributed by atoms with van der Waals surface area (Å²) in [6, 6.07) is 6.64. The van der Waals surface area contributed by atoms with Gasteiger partial charge >= 0.3 is 0 Å². The van der Waals surface area contributed by atoms with Gasteiger partial charge in [-0.3, -0.25) is 4.21 Å². The molecule has 20 heavy (non-hydrogen) atoms. The van der Waals surface area contributed by atoms with Crippen molar-refractivity contribution in [2.75, 3.05) is 18.6 Å². The molecule has 1 N–H and O–H groups in total. The van der Waals surface area contributed by atoms with Crippen molar-refractivity contribution in [3.8, 4) is 0 Å². The summed E-state index contributed by atoms with van der Waals surface area (Å²) in [5, 5.41) is 3.35. The van der Waals surface area contributed by atoms with E-state index in [0.717, 1.165) is 19.4 Å². The van der Waals surface area contributed by atoms with E-state index in [1.807, 2.05) is 0 Å². The van der Waals surface area contributed by atoms with Crippen molar-refractivity contribution in [2.45, 2.75) is 42.5 Å². The van der Waals surface area contributed by atoms with E-state index in [9.17, 15) is 12.6 Å². The molecule has 2 unspecified atom stereocenters. The summed E-state index contributed by atoms with van der Waals surface area (Å²) in [6.45, 7) is 5.16. The first-order valence-electron chi connectivity index (χ1n) is 6.76. The Morgan fingerprint density at radius 1 is 1.25 bits per heavy atom. The number of nitrogens with one attached hydrogen (secondary N) is 1. The lowest BCUT2D eigenvalue weighted by Crippen LogP contribution is -2.28. The predicted octanol–water partition coefficient (Wildman–Crippen LogP) is 1.98. The first-order chi connectivity index (χ1) is 9.34. The fourth-order valence-corrected chi connectivity index (χ4v) is 3.61. The normalized spacial score (nSPS) is 14.9. The third kappa shape index (κ3) is 5.73. The molecule has 0 aliphatic rings. The maximum Gasteiger partial charge on any atom is 0.175 e. The Balaban J connectivity index is 2.56. The minimum absolute atomic E-state index is 0.260. The summed E-state index contributed by atoms with van der Waals surface area (Å²) < 4.78 is 34.8. The van der Waals surface area contributed by atoms with E-state index >= 15 is 0 Å². The average Bonchev–Trinajstić information content (AvgIpc) is 2.41. The maximum absolute atomic E-state index is 12.1. The Kier molecular flexibility index (Phi) is 6.85. The molecule has 0 aliphatic carbocycles. The van der Waals surface area contributed by atoms with Gasteiger partial charge in [0.05, 0.1) is 15.7 Å². The van der Waals surface area contributed by atoms with Crippen LogP contribution in [0.15, 0.2) is 34.1 Å². The Hall–Kier alpha value is -0.720. The molecule has 1 rings (SSSR count). The Morgan fingerprint density at radius 2 is 1.85 bits per heavy atom. The third-order valence-corrected chi connectivity index (χ3v) is 5.53. The molecule has 0 radical (unpaired) electrons. The molecule has 0 aliphatic heterocycles. The van der Waals surface area contributed by atoms with E-state index < -0.39 is 20.6 Å². The van der Waals surface area contributed by atoms with Gasteiger partial charge in [0.2, 0.25) is 0 Å². The van der Waals surface area contributed by atoms with Crippen LogP contribution in [0.2, 0.25) is 0 Å². The predicted molar refractivity (Wildman–Crippen MR) is 83.2 cm³/mol. The average molecular weight is 317 g/mol. The van der Waals surface area contributed by atoms with Crippen LogP contribution in [0.25, 0.3) is 0 Å². The SMILES string of the molecule is CCCNC(C)CCS(=O)c1ccc(S(C)(=O)=O)cc1. The van der Waals surface area contributed by atoms with Gasteiger partial charge in [0.25, 0.3) is 0 Å². The molecule has 2 atom stereocenters. The number of benzene rings is 1. The first kappa shape index (κ1) is 17.3. The smallest absolute Gasteiger partial charge is 0.175 e. The van der Waals surface area contributed by atoms with Crippen LogP contribution in [0.3, 0.4) is 0 Å². The van der Waals surface area contributed by atoms with Crippen molar-refractivity contribution >= 4 is 20.6 Å². The van der Waals surface area contributed by atoms with Gasteiger partial charge in [0, 0.05) is 22.9 Å². The van der Waals surface area contributed by atoms with Crippen molar-refractivity contribution < 1.29 is 12.6 Å². The summed E-state index contributed by atoms with van der Waals surface area (Å²) in [4.78, 5) is 0.941. The Morgan fingerprint density at radius 3 is 2.35 bits per heavy atom. The topological polar surface area (TPSA) is 63.2 Å². The largest absolute Gasteiger partial charge is 0.314 e. The minimum atomic E-state index is -3.19. The zero-order valence-electron chi connectivity index (χ0n) is 12.3. The fourth-order valence-electron chi connectivity index (χ4n) is 1.73. The van der Waals surface area contributed by atoms with Gasteiger partial charge in [-0.1, -0.05) is 6.92 Å². The van der Waals surface area contributed by atoms with Crippen molar-refractivity contribution in [1.29, 1.82) is 0 Å². The Labute approximate surface area is 124 Å². The van der Waals surface area contributed by atoms with Crippen molar-refractivity contribution in [1.82, 2.24) is 5.32 Å². The Bertz CT molecular complexity index is 538. The summed E-state index contributed by atoms with van der Waals surface area (Å²) in [5.74, 6) is 0.579. The lowest BCUT2D eigenvalue weighted by molar-refractivity contribution is 0.533. The van der Waals surface area contributed by atoms with Gasteiger partial charge in [0.15, 0.2) is 9.84 Å². The van der Waals surface area contributed by atoms with Crippen LogP contribution in [0.5, 0.6) is 0 Å². The molecular weight excluding hydrogens is 294 g/mol. The highest BCUT2D eigenvalue weighted by Gasteiger charge is 2.10. The van der Waals surface area contributed by atoms with E-state index in [-0.39, 0.29) is 4.90 Å². The van der Waals surface area contributed by atoms with Crippen molar-refractivity contribution in [3.05, 3.63) is 24.3 Å². The van der Waals surface area contributed by atoms with Crippen LogP contribution in [0, 0.1) is 0 Å². The van der Waals surface area contributed by atoms with E-state index in [1.165, 1.54) is 18.4 Å². The number of hydrogen-bond donors (Lipinski definition) is 1. The molecule has 0 heterocycles. The molecule has 0 bridgehead atoms. The summed E-state index contributed by atoms with van der Waals surface area (Å²) in [6.07, 6.45) is 3.08. The van der Waals surface area contributed by atoms with Crippen LogP contribution in [0.1, 0.15) is 26.7 Å². The molecule has 114 valence electrons. The van der Waals surface area contributed by atoms with E-state index in [1.54, 1.807) is 12.1 Å². The molecule has 1 aromatic rings. The maximum atomic E-state index is 12.1. The van der Waals surface area contributed by atoms with Crippen LogP contribution < -0.4 is 5.32 Å². The first-order valence-corrected chi connectivity index (χ1v) is 9.97. The van der Waals surface area contributed by atoms with Gasteiger partial charge in [0.1, 0.15) is 0 Å². The number of rotatable bonds is 8. The third-order valence-electron chi connectivity index (χ3n) is 2.99.